The zero-order valence-corrected chi connectivity index (χ0v) is 12.7. The Kier molecular flexibility index (Phi) is 5.44. The van der Waals surface area contributed by atoms with E-state index in [1.807, 2.05) is 13.8 Å². The Morgan fingerprint density at radius 2 is 1.80 bits per heavy atom. The number of hydrogen-bond donors (Lipinski definition) is 1. The molecule has 1 N–H and O–H groups in total. The number of ketones is 1. The molecule has 0 aliphatic heterocycles. The molecule has 0 unspecified atom stereocenters. The first kappa shape index (κ1) is 16.4. The van der Waals surface area contributed by atoms with Crippen molar-refractivity contribution in [3.05, 3.63) is 29.8 Å². The van der Waals surface area contributed by atoms with Crippen LogP contribution in [-0.4, -0.2) is 20.1 Å². The van der Waals surface area contributed by atoms with Gasteiger partial charge in [-0.25, -0.2) is 13.1 Å². The van der Waals surface area contributed by atoms with Crippen LogP contribution in [0, 0.1) is 5.92 Å². The summed E-state index contributed by atoms with van der Waals surface area (Å²) in [6.45, 7) is 5.02. The quantitative estimate of drug-likeness (QED) is 0.816. The molecule has 1 amide bonds. The van der Waals surface area contributed by atoms with E-state index in [1.54, 1.807) is 0 Å². The number of Topliss-reactive ketones (excluding diaryl/α,β-unsaturated/α-hetero) is 1. The van der Waals surface area contributed by atoms with Crippen LogP contribution in [0.2, 0.25) is 0 Å². The molecule has 0 heterocycles. The van der Waals surface area contributed by atoms with E-state index in [0.717, 1.165) is 0 Å². The third kappa shape index (κ3) is 3.90. The fourth-order valence-electron chi connectivity index (χ4n) is 1.82. The molecular weight excluding hydrogens is 278 g/mol. The summed E-state index contributed by atoms with van der Waals surface area (Å²) in [6, 6.07) is 5.64. The monoisotopic (exact) mass is 297 g/mol. The van der Waals surface area contributed by atoms with Gasteiger partial charge in [-0.1, -0.05) is 26.0 Å². The van der Waals surface area contributed by atoms with Crippen molar-refractivity contribution >= 4 is 21.7 Å². The maximum absolute atomic E-state index is 12.1. The number of benzene rings is 1. The second-order valence-corrected chi connectivity index (χ2v) is 6.25. The summed E-state index contributed by atoms with van der Waals surface area (Å²) >= 11 is 0. The molecule has 20 heavy (non-hydrogen) atoms. The highest BCUT2D eigenvalue weighted by Crippen LogP contribution is 2.14. The van der Waals surface area contributed by atoms with Gasteiger partial charge in [0.05, 0.1) is 4.90 Å². The Morgan fingerprint density at radius 1 is 1.20 bits per heavy atom. The lowest BCUT2D eigenvalue weighted by Crippen LogP contribution is -2.35. The second kappa shape index (κ2) is 6.65. The molecule has 0 aliphatic rings. The van der Waals surface area contributed by atoms with Gasteiger partial charge in [-0.3, -0.25) is 9.59 Å². The normalized spacial score (nSPS) is 11.4. The van der Waals surface area contributed by atoms with Gasteiger partial charge in [0, 0.05) is 11.5 Å². The van der Waals surface area contributed by atoms with Gasteiger partial charge in [0.1, 0.15) is 0 Å². The Hall–Kier alpha value is -1.69. The first-order chi connectivity index (χ1) is 9.31. The van der Waals surface area contributed by atoms with Crippen molar-refractivity contribution in [3.63, 3.8) is 0 Å². The minimum absolute atomic E-state index is 0.0792. The van der Waals surface area contributed by atoms with Crippen molar-refractivity contribution in [1.29, 1.82) is 0 Å². The highest BCUT2D eigenvalue weighted by molar-refractivity contribution is 7.90. The van der Waals surface area contributed by atoms with Crippen molar-refractivity contribution < 1.29 is 18.0 Å². The van der Waals surface area contributed by atoms with Crippen molar-refractivity contribution in [3.8, 4) is 0 Å². The molecule has 6 heteroatoms. The topological polar surface area (TPSA) is 80.3 Å². The lowest BCUT2D eigenvalue weighted by molar-refractivity contribution is -0.123. The predicted molar refractivity (Wildman–Crippen MR) is 75.8 cm³/mol. The third-order valence-electron chi connectivity index (χ3n) is 3.14. The number of sulfonamides is 1. The molecule has 1 rings (SSSR count). The first-order valence-corrected chi connectivity index (χ1v) is 7.97. The van der Waals surface area contributed by atoms with E-state index in [-0.39, 0.29) is 16.6 Å². The summed E-state index contributed by atoms with van der Waals surface area (Å²) in [6.07, 6.45) is 1.15. The van der Waals surface area contributed by atoms with Gasteiger partial charge >= 0.3 is 0 Å². The van der Waals surface area contributed by atoms with Crippen LogP contribution in [0.1, 0.15) is 44.0 Å². The molecule has 0 aliphatic carbocycles. The fraction of sp³-hybridized carbons (Fsp3) is 0.429. The van der Waals surface area contributed by atoms with Crippen LogP contribution in [0.5, 0.6) is 0 Å². The summed E-state index contributed by atoms with van der Waals surface area (Å²) in [5, 5.41) is 0. The van der Waals surface area contributed by atoms with Gasteiger partial charge < -0.3 is 0 Å². The standard InChI is InChI=1S/C14H19NO4S/c1-4-11(5-2)14(17)15-20(18,19)13-8-6-7-12(9-13)10(3)16/h6-9,11H,4-5H2,1-3H3,(H,15,17). The largest absolute Gasteiger partial charge is 0.295 e. The van der Waals surface area contributed by atoms with E-state index in [4.69, 9.17) is 0 Å². The van der Waals surface area contributed by atoms with Crippen LogP contribution in [-0.2, 0) is 14.8 Å². The maximum atomic E-state index is 12.1. The molecule has 0 saturated heterocycles. The molecule has 0 spiro atoms. The van der Waals surface area contributed by atoms with Crippen molar-refractivity contribution in [2.75, 3.05) is 0 Å². The minimum atomic E-state index is -3.93. The molecule has 0 atom stereocenters. The Balaban J connectivity index is 3.03. The predicted octanol–water partition coefficient (Wildman–Crippen LogP) is 2.13. The first-order valence-electron chi connectivity index (χ1n) is 6.49. The van der Waals surface area contributed by atoms with E-state index in [2.05, 4.69) is 4.72 Å². The number of hydrogen-bond acceptors (Lipinski definition) is 4. The number of rotatable bonds is 6. The van der Waals surface area contributed by atoms with E-state index in [1.165, 1.54) is 31.2 Å². The maximum Gasteiger partial charge on any atom is 0.264 e. The van der Waals surface area contributed by atoms with Gasteiger partial charge in [-0.15, -0.1) is 0 Å². The lowest BCUT2D eigenvalue weighted by atomic mass is 10.0. The number of amides is 1. The van der Waals surface area contributed by atoms with Gasteiger partial charge in [-0.05, 0) is 31.9 Å². The lowest BCUT2D eigenvalue weighted by Gasteiger charge is -2.13. The summed E-state index contributed by atoms with van der Waals surface area (Å²) in [4.78, 5) is 23.0. The van der Waals surface area contributed by atoms with Gasteiger partial charge in [-0.2, -0.15) is 0 Å². The fourth-order valence-corrected chi connectivity index (χ4v) is 2.91. The van der Waals surface area contributed by atoms with E-state index in [0.29, 0.717) is 18.4 Å². The minimum Gasteiger partial charge on any atom is -0.295 e. The molecule has 0 saturated carbocycles. The Morgan fingerprint density at radius 3 is 2.30 bits per heavy atom. The smallest absolute Gasteiger partial charge is 0.264 e. The van der Waals surface area contributed by atoms with Crippen LogP contribution in [0.15, 0.2) is 29.2 Å². The number of nitrogens with one attached hydrogen (secondary N) is 1. The summed E-state index contributed by atoms with van der Waals surface area (Å²) < 4.78 is 26.3. The summed E-state index contributed by atoms with van der Waals surface area (Å²) in [7, 11) is -3.93. The van der Waals surface area contributed by atoms with Crippen molar-refractivity contribution in [2.24, 2.45) is 5.92 Å². The molecule has 0 radical (unpaired) electrons. The Labute approximate surface area is 119 Å². The number of carbonyl (C=O) groups excluding carboxylic acids is 2. The van der Waals surface area contributed by atoms with E-state index >= 15 is 0 Å². The molecule has 1 aromatic rings. The summed E-state index contributed by atoms with van der Waals surface area (Å²) in [5.41, 5.74) is 0.294. The SMILES string of the molecule is CCC(CC)C(=O)NS(=O)(=O)c1cccc(C(C)=O)c1. The van der Waals surface area contributed by atoms with Crippen LogP contribution in [0.4, 0.5) is 0 Å². The zero-order chi connectivity index (χ0) is 15.3. The van der Waals surface area contributed by atoms with E-state index in [9.17, 15) is 18.0 Å². The van der Waals surface area contributed by atoms with Crippen LogP contribution < -0.4 is 4.72 Å². The average molecular weight is 297 g/mol. The molecule has 0 bridgehead atoms. The highest BCUT2D eigenvalue weighted by atomic mass is 32.2. The average Bonchev–Trinajstić information content (AvgIpc) is 2.39. The second-order valence-electron chi connectivity index (χ2n) is 4.57. The third-order valence-corrected chi connectivity index (χ3v) is 4.49. The molecular formula is C14H19NO4S. The highest BCUT2D eigenvalue weighted by Gasteiger charge is 2.22. The zero-order valence-electron chi connectivity index (χ0n) is 11.8. The molecule has 0 fully saturated rings. The van der Waals surface area contributed by atoms with Crippen molar-refractivity contribution in [1.82, 2.24) is 4.72 Å². The van der Waals surface area contributed by atoms with Gasteiger partial charge in [0.25, 0.3) is 10.0 Å². The van der Waals surface area contributed by atoms with Crippen LogP contribution >= 0.6 is 0 Å². The molecule has 5 nitrogen and oxygen atoms in total. The summed E-state index contributed by atoms with van der Waals surface area (Å²) in [5.74, 6) is -1.07. The van der Waals surface area contributed by atoms with Gasteiger partial charge in [0.15, 0.2) is 5.78 Å². The Bertz CT molecular complexity index is 603. The molecule has 1 aromatic carbocycles. The van der Waals surface area contributed by atoms with E-state index < -0.39 is 15.9 Å². The van der Waals surface area contributed by atoms with Crippen molar-refractivity contribution in [2.45, 2.75) is 38.5 Å². The van der Waals surface area contributed by atoms with Crippen LogP contribution in [0.3, 0.4) is 0 Å². The number of carbonyl (C=O) groups is 2. The molecule has 110 valence electrons. The van der Waals surface area contributed by atoms with Gasteiger partial charge in [0.2, 0.25) is 5.91 Å². The van der Waals surface area contributed by atoms with Crippen LogP contribution in [0.25, 0.3) is 0 Å². The molecule has 0 aromatic heterocycles.